The maximum absolute atomic E-state index is 12.2. The molecule has 142 valence electrons. The average molecular weight is 374 g/mol. The lowest BCUT2D eigenvalue weighted by molar-refractivity contribution is 0.0696. The second-order valence-corrected chi connectivity index (χ2v) is 7.50. The summed E-state index contributed by atoms with van der Waals surface area (Å²) in [7, 11) is 0. The Hall–Kier alpha value is -2.99. The van der Waals surface area contributed by atoms with Crippen molar-refractivity contribution < 1.29 is 9.90 Å². The lowest BCUT2D eigenvalue weighted by Gasteiger charge is -2.30. The number of likely N-dealkylation sites (N-methyl/N-ethyl adjacent to an activating group) is 1. The molecule has 0 atom stereocenters. The van der Waals surface area contributed by atoms with Gasteiger partial charge in [0.05, 0.1) is 22.5 Å². The van der Waals surface area contributed by atoms with Crippen LogP contribution >= 0.6 is 0 Å². The molecule has 6 heteroatoms. The molecule has 0 unspecified atom stereocenters. The van der Waals surface area contributed by atoms with Crippen molar-refractivity contribution in [2.75, 3.05) is 13.1 Å². The molecule has 1 aromatic carbocycles. The molecule has 0 fully saturated rings. The van der Waals surface area contributed by atoms with Gasteiger partial charge in [0.25, 0.3) is 0 Å². The number of benzene rings is 1. The van der Waals surface area contributed by atoms with Gasteiger partial charge in [-0.25, -0.2) is 9.78 Å². The maximum atomic E-state index is 12.2. The molecular formula is C22H22N4O2. The van der Waals surface area contributed by atoms with Gasteiger partial charge in [-0.05, 0) is 43.2 Å². The number of para-hydroxylation sites is 1. The van der Waals surface area contributed by atoms with Crippen LogP contribution in [0.1, 0.15) is 46.3 Å². The van der Waals surface area contributed by atoms with Crippen LogP contribution in [-0.4, -0.2) is 43.8 Å². The zero-order chi connectivity index (χ0) is 19.3. The molecule has 1 N–H and O–H groups in total. The van der Waals surface area contributed by atoms with Gasteiger partial charge in [0, 0.05) is 36.3 Å². The van der Waals surface area contributed by atoms with E-state index in [9.17, 15) is 9.90 Å². The molecule has 28 heavy (non-hydrogen) atoms. The molecule has 0 aliphatic carbocycles. The smallest absolute Gasteiger partial charge is 0.336 e. The molecule has 2 aromatic heterocycles. The number of carboxylic acids is 1. The number of carbonyl (C=O) groups is 1. The molecule has 0 radical (unpaired) electrons. The monoisotopic (exact) mass is 374 g/mol. The molecule has 4 heterocycles. The van der Waals surface area contributed by atoms with Gasteiger partial charge in [0.2, 0.25) is 0 Å². The Balaban J connectivity index is 1.72. The number of pyridine rings is 1. The maximum Gasteiger partial charge on any atom is 0.336 e. The first kappa shape index (κ1) is 17.1. The minimum absolute atomic E-state index is 0.372. The molecule has 0 spiro atoms. The summed E-state index contributed by atoms with van der Waals surface area (Å²) in [5, 5.41) is 15.4. The Morgan fingerprint density at radius 3 is 2.93 bits per heavy atom. The van der Waals surface area contributed by atoms with Gasteiger partial charge < -0.3 is 5.11 Å². The van der Waals surface area contributed by atoms with Crippen molar-refractivity contribution >= 4 is 28.5 Å². The highest BCUT2D eigenvalue weighted by Crippen LogP contribution is 2.34. The minimum Gasteiger partial charge on any atom is -0.478 e. The summed E-state index contributed by atoms with van der Waals surface area (Å²) in [6, 6.07) is 9.64. The summed E-state index contributed by atoms with van der Waals surface area (Å²) < 4.78 is 2.07. The van der Waals surface area contributed by atoms with E-state index in [2.05, 4.69) is 28.6 Å². The number of aromatic carboxylic acids is 1. The number of hydrogen-bond acceptors (Lipinski definition) is 4. The van der Waals surface area contributed by atoms with Gasteiger partial charge in [-0.3, -0.25) is 9.58 Å². The van der Waals surface area contributed by atoms with Crippen LogP contribution in [0.4, 0.5) is 0 Å². The molecule has 6 nitrogen and oxygen atoms in total. The van der Waals surface area contributed by atoms with Crippen LogP contribution in [0.25, 0.3) is 22.6 Å². The molecule has 5 rings (SSSR count). The Morgan fingerprint density at radius 2 is 2.14 bits per heavy atom. The molecule has 0 saturated carbocycles. The van der Waals surface area contributed by atoms with Crippen molar-refractivity contribution in [3.63, 3.8) is 0 Å². The van der Waals surface area contributed by atoms with Gasteiger partial charge in [0.1, 0.15) is 0 Å². The van der Waals surface area contributed by atoms with E-state index in [1.807, 2.05) is 24.3 Å². The van der Waals surface area contributed by atoms with E-state index < -0.39 is 5.97 Å². The summed E-state index contributed by atoms with van der Waals surface area (Å²) in [5.74, 6) is -0.895. The average Bonchev–Trinajstić information content (AvgIpc) is 3.27. The largest absolute Gasteiger partial charge is 0.478 e. The molecule has 2 aliphatic rings. The highest BCUT2D eigenvalue weighted by atomic mass is 16.4. The van der Waals surface area contributed by atoms with Gasteiger partial charge in [0.15, 0.2) is 0 Å². The third kappa shape index (κ3) is 2.72. The van der Waals surface area contributed by atoms with Crippen LogP contribution in [0.5, 0.6) is 0 Å². The van der Waals surface area contributed by atoms with E-state index in [1.54, 1.807) is 0 Å². The van der Waals surface area contributed by atoms with E-state index in [-0.39, 0.29) is 0 Å². The SMILES string of the molecule is CCN1CC(=Cc2cc3n(n2)CCC3)c2nc3ccccc3c(C(=O)O)c2C1. The van der Waals surface area contributed by atoms with Crippen molar-refractivity contribution in [3.8, 4) is 0 Å². The lowest BCUT2D eigenvalue weighted by Crippen LogP contribution is -2.31. The van der Waals surface area contributed by atoms with Crippen LogP contribution in [0.2, 0.25) is 0 Å². The zero-order valence-corrected chi connectivity index (χ0v) is 15.9. The van der Waals surface area contributed by atoms with Crippen molar-refractivity contribution in [3.05, 3.63) is 58.5 Å². The Labute approximate surface area is 163 Å². The number of hydrogen-bond donors (Lipinski definition) is 1. The molecular weight excluding hydrogens is 352 g/mol. The van der Waals surface area contributed by atoms with Gasteiger partial charge in [-0.2, -0.15) is 5.10 Å². The lowest BCUT2D eigenvalue weighted by atomic mass is 9.92. The fourth-order valence-corrected chi connectivity index (χ4v) is 4.38. The quantitative estimate of drug-likeness (QED) is 0.760. The highest BCUT2D eigenvalue weighted by Gasteiger charge is 2.28. The predicted octanol–water partition coefficient (Wildman–Crippen LogP) is 3.45. The van der Waals surface area contributed by atoms with Gasteiger partial charge in [-0.15, -0.1) is 0 Å². The Bertz CT molecular complexity index is 1110. The van der Waals surface area contributed by atoms with E-state index in [0.717, 1.165) is 60.5 Å². The summed E-state index contributed by atoms with van der Waals surface area (Å²) in [6.07, 6.45) is 4.31. The van der Waals surface area contributed by atoms with Crippen molar-refractivity contribution in [1.82, 2.24) is 19.7 Å². The number of aryl methyl sites for hydroxylation is 2. The van der Waals surface area contributed by atoms with Crippen LogP contribution in [0.3, 0.4) is 0 Å². The van der Waals surface area contributed by atoms with Crippen LogP contribution in [0, 0.1) is 0 Å². The van der Waals surface area contributed by atoms with E-state index >= 15 is 0 Å². The number of nitrogens with zero attached hydrogens (tertiary/aromatic N) is 4. The Morgan fingerprint density at radius 1 is 1.29 bits per heavy atom. The number of carboxylic acid groups (broad SMARTS) is 1. The molecule has 2 aliphatic heterocycles. The van der Waals surface area contributed by atoms with Crippen LogP contribution in [0.15, 0.2) is 30.3 Å². The number of rotatable bonds is 3. The van der Waals surface area contributed by atoms with Crippen molar-refractivity contribution in [1.29, 1.82) is 0 Å². The topological polar surface area (TPSA) is 71.2 Å². The standard InChI is InChI=1S/C22H22N4O2/c1-2-25-12-14(10-15-11-16-6-5-9-26(16)24-15)21-18(13-25)20(22(27)28)17-7-3-4-8-19(17)23-21/h3-4,7-8,10-11H,2,5-6,9,12-13H2,1H3,(H,27,28). The van der Waals surface area contributed by atoms with E-state index in [4.69, 9.17) is 10.1 Å². The van der Waals surface area contributed by atoms with Gasteiger partial charge in [-0.1, -0.05) is 25.1 Å². The zero-order valence-electron chi connectivity index (χ0n) is 15.9. The van der Waals surface area contributed by atoms with Crippen LogP contribution < -0.4 is 0 Å². The normalized spacial score (nSPS) is 17.8. The molecule has 0 amide bonds. The van der Waals surface area contributed by atoms with Crippen molar-refractivity contribution in [2.45, 2.75) is 32.9 Å². The fourth-order valence-electron chi connectivity index (χ4n) is 4.38. The highest BCUT2D eigenvalue weighted by molar-refractivity contribution is 6.05. The number of aromatic nitrogens is 3. The first-order valence-corrected chi connectivity index (χ1v) is 9.79. The van der Waals surface area contributed by atoms with Crippen molar-refractivity contribution in [2.24, 2.45) is 0 Å². The third-order valence-corrected chi connectivity index (χ3v) is 5.74. The second kappa shape index (κ2) is 6.56. The van der Waals surface area contributed by atoms with Crippen LogP contribution in [-0.2, 0) is 19.5 Å². The van der Waals surface area contributed by atoms with E-state index in [0.29, 0.717) is 17.5 Å². The van der Waals surface area contributed by atoms with Gasteiger partial charge >= 0.3 is 5.97 Å². The Kier molecular flexibility index (Phi) is 4.02. The molecule has 3 aromatic rings. The first-order valence-electron chi connectivity index (χ1n) is 9.79. The summed E-state index contributed by atoms with van der Waals surface area (Å²) in [4.78, 5) is 19.3. The van der Waals surface area contributed by atoms with E-state index in [1.165, 1.54) is 5.69 Å². The fraction of sp³-hybridized carbons (Fsp3) is 0.318. The molecule has 0 bridgehead atoms. The first-order chi connectivity index (χ1) is 13.6. The predicted molar refractivity (Wildman–Crippen MR) is 108 cm³/mol. The minimum atomic E-state index is -0.895. The summed E-state index contributed by atoms with van der Waals surface area (Å²) in [5.41, 5.74) is 5.94. The second-order valence-electron chi connectivity index (χ2n) is 7.50. The summed E-state index contributed by atoms with van der Waals surface area (Å²) >= 11 is 0. The third-order valence-electron chi connectivity index (χ3n) is 5.74. The number of fused-ring (bicyclic) bond motifs is 3. The molecule has 0 saturated heterocycles. The summed E-state index contributed by atoms with van der Waals surface area (Å²) in [6.45, 7) is 5.27.